The molecule has 4 nitrogen and oxygen atoms in total. The molecule has 14 heavy (non-hydrogen) atoms. The van der Waals surface area contributed by atoms with Crippen LogP contribution in [0, 0.1) is 6.92 Å². The van der Waals surface area contributed by atoms with Gasteiger partial charge in [-0.15, -0.1) is 0 Å². The number of halogens is 1. The second-order valence-corrected chi connectivity index (χ2v) is 4.28. The quantitative estimate of drug-likeness (QED) is 0.842. The number of nitrogens with zero attached hydrogens (tertiary/aromatic N) is 1. The third-order valence-electron chi connectivity index (χ3n) is 1.88. The van der Waals surface area contributed by atoms with E-state index in [-0.39, 0.29) is 5.91 Å². The molecule has 0 aliphatic carbocycles. The summed E-state index contributed by atoms with van der Waals surface area (Å²) in [4.78, 5) is 15.6. The van der Waals surface area contributed by atoms with E-state index in [1.165, 1.54) is 6.39 Å². The van der Waals surface area contributed by atoms with Gasteiger partial charge < -0.3 is 9.73 Å². The number of alkyl halides is 1. The number of rotatable bonds is 4. The van der Waals surface area contributed by atoms with Crippen molar-refractivity contribution in [2.75, 3.05) is 6.54 Å². The molecular formula is C9H13BrN2O2. The molecule has 1 rings (SSSR count). The van der Waals surface area contributed by atoms with Crippen molar-refractivity contribution in [3.8, 4) is 0 Å². The third-order valence-corrected chi connectivity index (χ3v) is 2.85. The van der Waals surface area contributed by atoms with Gasteiger partial charge in [0.05, 0.1) is 5.69 Å². The van der Waals surface area contributed by atoms with Crippen LogP contribution in [-0.4, -0.2) is 22.3 Å². The molecule has 0 fully saturated rings. The van der Waals surface area contributed by atoms with Crippen molar-refractivity contribution in [1.82, 2.24) is 10.3 Å². The van der Waals surface area contributed by atoms with Crippen LogP contribution in [0.3, 0.4) is 0 Å². The number of aromatic nitrogens is 1. The predicted octanol–water partition coefficient (Wildman–Crippen LogP) is 1.89. The summed E-state index contributed by atoms with van der Waals surface area (Å²) < 4.78 is 4.95. The zero-order valence-electron chi connectivity index (χ0n) is 8.21. The minimum absolute atomic E-state index is 0.210. The van der Waals surface area contributed by atoms with Crippen LogP contribution in [0.25, 0.3) is 0 Å². The molecule has 0 aliphatic heterocycles. The smallest absolute Gasteiger partial charge is 0.289 e. The Balaban J connectivity index is 2.47. The lowest BCUT2D eigenvalue weighted by atomic mass is 10.3. The summed E-state index contributed by atoms with van der Waals surface area (Å²) in [6.45, 7) is 4.38. The van der Waals surface area contributed by atoms with Gasteiger partial charge in [0.1, 0.15) is 0 Å². The van der Waals surface area contributed by atoms with E-state index in [1.54, 1.807) is 6.92 Å². The summed E-state index contributed by atoms with van der Waals surface area (Å²) >= 11 is 3.43. The summed E-state index contributed by atoms with van der Waals surface area (Å²) in [6.07, 6.45) is 2.24. The predicted molar refractivity (Wildman–Crippen MR) is 56.6 cm³/mol. The molecule has 0 spiro atoms. The maximum Gasteiger partial charge on any atom is 0.289 e. The fourth-order valence-corrected chi connectivity index (χ4v) is 1.11. The van der Waals surface area contributed by atoms with E-state index in [4.69, 9.17) is 4.42 Å². The van der Waals surface area contributed by atoms with Gasteiger partial charge >= 0.3 is 0 Å². The second-order valence-electron chi connectivity index (χ2n) is 2.98. The van der Waals surface area contributed by atoms with Crippen molar-refractivity contribution in [2.45, 2.75) is 25.1 Å². The molecule has 78 valence electrons. The maximum atomic E-state index is 11.5. The normalized spacial score (nSPS) is 12.5. The molecule has 1 aromatic heterocycles. The lowest BCUT2D eigenvalue weighted by Crippen LogP contribution is -2.29. The maximum absolute atomic E-state index is 11.5. The Kier molecular flexibility index (Phi) is 4.13. The van der Waals surface area contributed by atoms with Crippen molar-refractivity contribution in [2.24, 2.45) is 0 Å². The highest BCUT2D eigenvalue weighted by Crippen LogP contribution is 2.06. The van der Waals surface area contributed by atoms with Crippen molar-refractivity contribution in [3.05, 3.63) is 17.8 Å². The van der Waals surface area contributed by atoms with Gasteiger partial charge in [-0.25, -0.2) is 4.98 Å². The van der Waals surface area contributed by atoms with Crippen LogP contribution < -0.4 is 5.32 Å². The summed E-state index contributed by atoms with van der Waals surface area (Å²) in [5, 5.41) is 2.76. The number of aryl methyl sites for hydroxylation is 1. The average molecular weight is 261 g/mol. The third kappa shape index (κ3) is 2.83. The summed E-state index contributed by atoms with van der Waals surface area (Å²) in [5.41, 5.74) is 0.616. The van der Waals surface area contributed by atoms with E-state index in [0.717, 1.165) is 6.42 Å². The molecule has 0 aromatic carbocycles. The van der Waals surface area contributed by atoms with E-state index < -0.39 is 0 Å². The Morgan fingerprint density at radius 2 is 2.50 bits per heavy atom. The second kappa shape index (κ2) is 5.14. The molecule has 0 bridgehead atoms. The number of carbonyl (C=O) groups excluding carboxylic acids is 1. The van der Waals surface area contributed by atoms with Crippen molar-refractivity contribution in [1.29, 1.82) is 0 Å². The molecule has 0 aliphatic rings. The highest BCUT2D eigenvalue weighted by Gasteiger charge is 2.14. The zero-order chi connectivity index (χ0) is 10.6. The SMILES string of the molecule is CCC(Br)CNC(=O)c1ocnc1C. The van der Waals surface area contributed by atoms with Gasteiger partial charge in [0.2, 0.25) is 5.76 Å². The summed E-state index contributed by atoms with van der Waals surface area (Å²) in [7, 11) is 0. The largest absolute Gasteiger partial charge is 0.438 e. The van der Waals surface area contributed by atoms with Crippen LogP contribution in [0.1, 0.15) is 29.6 Å². The lowest BCUT2D eigenvalue weighted by Gasteiger charge is -2.07. The topological polar surface area (TPSA) is 55.1 Å². The summed E-state index contributed by atoms with van der Waals surface area (Å²) in [5.74, 6) is 0.0821. The van der Waals surface area contributed by atoms with Crippen LogP contribution in [0.2, 0.25) is 0 Å². The highest BCUT2D eigenvalue weighted by molar-refractivity contribution is 9.09. The van der Waals surface area contributed by atoms with E-state index in [0.29, 0.717) is 22.8 Å². The molecule has 1 amide bonds. The van der Waals surface area contributed by atoms with E-state index in [1.807, 2.05) is 6.92 Å². The molecule has 0 radical (unpaired) electrons. The molecule has 1 atom stereocenters. The van der Waals surface area contributed by atoms with Gasteiger partial charge in [0.25, 0.3) is 5.91 Å². The summed E-state index contributed by atoms with van der Waals surface area (Å²) in [6, 6.07) is 0. The molecule has 5 heteroatoms. The Labute approximate surface area is 91.2 Å². The zero-order valence-corrected chi connectivity index (χ0v) is 9.80. The van der Waals surface area contributed by atoms with Crippen LogP contribution in [0.15, 0.2) is 10.8 Å². The van der Waals surface area contributed by atoms with Gasteiger partial charge in [-0.2, -0.15) is 0 Å². The Morgan fingerprint density at radius 3 is 3.00 bits per heavy atom. The number of carbonyl (C=O) groups is 1. The van der Waals surface area contributed by atoms with Crippen molar-refractivity contribution in [3.63, 3.8) is 0 Å². The van der Waals surface area contributed by atoms with Gasteiger partial charge in [-0.1, -0.05) is 22.9 Å². The Morgan fingerprint density at radius 1 is 1.79 bits per heavy atom. The first kappa shape index (κ1) is 11.2. The highest BCUT2D eigenvalue weighted by atomic mass is 79.9. The molecule has 0 saturated carbocycles. The fraction of sp³-hybridized carbons (Fsp3) is 0.556. The van der Waals surface area contributed by atoms with E-state index in [9.17, 15) is 4.79 Å². The molecule has 1 heterocycles. The van der Waals surface area contributed by atoms with Gasteiger partial charge in [-0.05, 0) is 13.3 Å². The number of amides is 1. The monoisotopic (exact) mass is 260 g/mol. The van der Waals surface area contributed by atoms with Gasteiger partial charge in [0, 0.05) is 11.4 Å². The first-order valence-corrected chi connectivity index (χ1v) is 5.39. The number of oxazole rings is 1. The standard InChI is InChI=1S/C9H13BrN2O2/c1-3-7(10)4-11-9(13)8-6(2)12-5-14-8/h5,7H,3-4H2,1-2H3,(H,11,13). The number of nitrogens with one attached hydrogen (secondary N) is 1. The van der Waals surface area contributed by atoms with E-state index >= 15 is 0 Å². The number of hydrogen-bond acceptors (Lipinski definition) is 3. The molecule has 1 N–H and O–H groups in total. The first-order valence-electron chi connectivity index (χ1n) is 4.47. The molecular weight excluding hydrogens is 248 g/mol. The van der Waals surface area contributed by atoms with E-state index in [2.05, 4.69) is 26.2 Å². The fourth-order valence-electron chi connectivity index (χ4n) is 0.948. The van der Waals surface area contributed by atoms with Crippen LogP contribution in [-0.2, 0) is 0 Å². The minimum Gasteiger partial charge on any atom is -0.438 e. The average Bonchev–Trinajstić information content (AvgIpc) is 2.60. The van der Waals surface area contributed by atoms with Crippen LogP contribution in [0.5, 0.6) is 0 Å². The first-order chi connectivity index (χ1) is 6.65. The van der Waals surface area contributed by atoms with Gasteiger partial charge in [0.15, 0.2) is 6.39 Å². The van der Waals surface area contributed by atoms with Crippen LogP contribution in [0.4, 0.5) is 0 Å². The molecule has 0 saturated heterocycles. The number of hydrogen-bond donors (Lipinski definition) is 1. The van der Waals surface area contributed by atoms with Crippen molar-refractivity contribution >= 4 is 21.8 Å². The van der Waals surface area contributed by atoms with Crippen LogP contribution >= 0.6 is 15.9 Å². The lowest BCUT2D eigenvalue weighted by molar-refractivity contribution is 0.0925. The Bertz CT molecular complexity index is 312. The minimum atomic E-state index is -0.210. The van der Waals surface area contributed by atoms with Gasteiger partial charge in [-0.3, -0.25) is 4.79 Å². The Hall–Kier alpha value is -0.840. The molecule has 1 unspecified atom stereocenters. The molecule has 1 aromatic rings. The van der Waals surface area contributed by atoms with Crippen molar-refractivity contribution < 1.29 is 9.21 Å².